The second kappa shape index (κ2) is 7.78. The van der Waals surface area contributed by atoms with Crippen molar-refractivity contribution in [3.05, 3.63) is 89.3 Å². The number of amides is 1. The van der Waals surface area contributed by atoms with Crippen molar-refractivity contribution in [2.45, 2.75) is 20.4 Å². The van der Waals surface area contributed by atoms with Crippen LogP contribution in [-0.4, -0.2) is 15.5 Å². The van der Waals surface area contributed by atoms with Gasteiger partial charge < -0.3 is 9.88 Å². The number of hydrogen-bond donors (Lipinski definition) is 1. The molecule has 0 aliphatic rings. The maximum atomic E-state index is 14.3. The first-order valence-electron chi connectivity index (χ1n) is 8.34. The number of nitrogens with one attached hydrogen (secondary N) is 1. The largest absolute Gasteiger partial charge is 0.348 e. The molecule has 0 radical (unpaired) electrons. The van der Waals surface area contributed by atoms with Gasteiger partial charge >= 0.3 is 0 Å². The quantitative estimate of drug-likeness (QED) is 0.709. The van der Waals surface area contributed by atoms with Gasteiger partial charge in [0.1, 0.15) is 11.6 Å². The van der Waals surface area contributed by atoms with Crippen molar-refractivity contribution in [3.63, 3.8) is 0 Å². The molecule has 0 bridgehead atoms. The molecule has 0 saturated heterocycles. The Morgan fingerprint density at radius 2 is 1.96 bits per heavy atom. The average molecular weight is 349 g/mol. The molecule has 0 aliphatic carbocycles. The fourth-order valence-electron chi connectivity index (χ4n) is 2.59. The molecule has 0 atom stereocenters. The minimum absolute atomic E-state index is 0.222. The van der Waals surface area contributed by atoms with Gasteiger partial charge in [0.25, 0.3) is 0 Å². The van der Waals surface area contributed by atoms with Gasteiger partial charge in [-0.1, -0.05) is 35.9 Å². The van der Waals surface area contributed by atoms with E-state index in [1.54, 1.807) is 35.2 Å². The van der Waals surface area contributed by atoms with E-state index in [1.165, 1.54) is 17.7 Å². The highest BCUT2D eigenvalue weighted by Gasteiger charge is 2.08. The summed E-state index contributed by atoms with van der Waals surface area (Å²) in [6.07, 6.45) is 6.57. The number of aromatic nitrogens is 2. The number of imidazole rings is 1. The Balaban J connectivity index is 1.61. The lowest BCUT2D eigenvalue weighted by atomic mass is 10.1. The highest BCUT2D eigenvalue weighted by Crippen LogP contribution is 2.16. The van der Waals surface area contributed by atoms with Crippen molar-refractivity contribution in [1.29, 1.82) is 0 Å². The molecule has 0 spiro atoms. The summed E-state index contributed by atoms with van der Waals surface area (Å²) in [6.45, 7) is 4.09. The summed E-state index contributed by atoms with van der Waals surface area (Å²) >= 11 is 0. The summed E-state index contributed by atoms with van der Waals surface area (Å²) in [5.74, 6) is 0.139. The number of carbonyl (C=O) groups excluding carboxylic acids is 1. The molecule has 3 rings (SSSR count). The number of halogens is 1. The van der Waals surface area contributed by atoms with Crippen molar-refractivity contribution in [2.24, 2.45) is 0 Å². The first kappa shape index (κ1) is 17.6. The maximum absolute atomic E-state index is 14.3. The molecule has 4 nitrogen and oxygen atoms in total. The van der Waals surface area contributed by atoms with Crippen molar-refractivity contribution in [1.82, 2.24) is 14.9 Å². The number of carbonyl (C=O) groups is 1. The van der Waals surface area contributed by atoms with Crippen LogP contribution in [0.3, 0.4) is 0 Å². The van der Waals surface area contributed by atoms with Crippen LogP contribution in [0.1, 0.15) is 22.5 Å². The monoisotopic (exact) mass is 349 g/mol. The van der Waals surface area contributed by atoms with E-state index in [2.05, 4.69) is 10.3 Å². The Morgan fingerprint density at radius 3 is 2.62 bits per heavy atom. The smallest absolute Gasteiger partial charge is 0.244 e. The Bertz CT molecular complexity index is 942. The molecule has 0 fully saturated rings. The number of aryl methyl sites for hydroxylation is 2. The lowest BCUT2D eigenvalue weighted by molar-refractivity contribution is -0.116. The summed E-state index contributed by atoms with van der Waals surface area (Å²) in [5.41, 5.74) is 3.26. The van der Waals surface area contributed by atoms with Crippen LogP contribution >= 0.6 is 0 Å². The Labute approximate surface area is 152 Å². The van der Waals surface area contributed by atoms with Crippen molar-refractivity contribution < 1.29 is 9.18 Å². The lowest BCUT2D eigenvalue weighted by Crippen LogP contribution is -2.20. The summed E-state index contributed by atoms with van der Waals surface area (Å²) in [7, 11) is 0. The normalized spacial score (nSPS) is 11.0. The highest BCUT2D eigenvalue weighted by molar-refractivity contribution is 5.91. The van der Waals surface area contributed by atoms with Gasteiger partial charge in [-0.15, -0.1) is 0 Å². The van der Waals surface area contributed by atoms with Crippen molar-refractivity contribution >= 4 is 12.0 Å². The number of rotatable bonds is 5. The molecule has 5 heteroatoms. The number of nitrogens with zero attached hydrogens (tertiary/aromatic N) is 2. The predicted octanol–water partition coefficient (Wildman–Crippen LogP) is 3.96. The molecule has 0 saturated carbocycles. The van der Waals surface area contributed by atoms with E-state index < -0.39 is 0 Å². The molecule has 0 aliphatic heterocycles. The predicted molar refractivity (Wildman–Crippen MR) is 100 cm³/mol. The third kappa shape index (κ3) is 4.25. The lowest BCUT2D eigenvalue weighted by Gasteiger charge is -2.09. The van der Waals surface area contributed by atoms with Crippen LogP contribution in [0.25, 0.3) is 11.8 Å². The Kier molecular flexibility index (Phi) is 5.27. The molecule has 2 aromatic carbocycles. The van der Waals surface area contributed by atoms with E-state index in [0.717, 1.165) is 5.56 Å². The van der Waals surface area contributed by atoms with Crippen LogP contribution in [-0.2, 0) is 11.3 Å². The summed E-state index contributed by atoms with van der Waals surface area (Å²) < 4.78 is 16.0. The molecule has 132 valence electrons. The molecule has 26 heavy (non-hydrogen) atoms. The Hall–Kier alpha value is -3.21. The van der Waals surface area contributed by atoms with Crippen LogP contribution in [0.4, 0.5) is 4.39 Å². The van der Waals surface area contributed by atoms with Gasteiger partial charge in [0.15, 0.2) is 0 Å². The van der Waals surface area contributed by atoms with E-state index in [9.17, 15) is 9.18 Å². The van der Waals surface area contributed by atoms with E-state index in [0.29, 0.717) is 17.1 Å². The second-order valence-electron chi connectivity index (χ2n) is 6.09. The molecule has 0 unspecified atom stereocenters. The third-order valence-electron chi connectivity index (χ3n) is 4.07. The van der Waals surface area contributed by atoms with Crippen LogP contribution < -0.4 is 5.32 Å². The van der Waals surface area contributed by atoms with E-state index in [1.807, 2.05) is 38.1 Å². The maximum Gasteiger partial charge on any atom is 0.244 e. The van der Waals surface area contributed by atoms with E-state index in [-0.39, 0.29) is 18.3 Å². The second-order valence-corrected chi connectivity index (χ2v) is 6.09. The molecule has 1 aromatic heterocycles. The van der Waals surface area contributed by atoms with Gasteiger partial charge in [0.05, 0.1) is 5.69 Å². The fourth-order valence-corrected chi connectivity index (χ4v) is 2.59. The third-order valence-corrected chi connectivity index (χ3v) is 4.07. The van der Waals surface area contributed by atoms with Crippen molar-refractivity contribution in [2.75, 3.05) is 0 Å². The van der Waals surface area contributed by atoms with Crippen LogP contribution in [0.2, 0.25) is 0 Å². The zero-order valence-electron chi connectivity index (χ0n) is 14.7. The van der Waals surface area contributed by atoms with Gasteiger partial charge in [-0.25, -0.2) is 9.37 Å². The zero-order valence-corrected chi connectivity index (χ0v) is 14.7. The van der Waals surface area contributed by atoms with Crippen LogP contribution in [0, 0.1) is 19.7 Å². The fraction of sp³-hybridized carbons (Fsp3) is 0.143. The molecule has 3 aromatic rings. The first-order chi connectivity index (χ1) is 12.5. The van der Waals surface area contributed by atoms with Gasteiger partial charge in [-0.2, -0.15) is 0 Å². The van der Waals surface area contributed by atoms with Crippen LogP contribution in [0.5, 0.6) is 0 Å². The summed E-state index contributed by atoms with van der Waals surface area (Å²) in [5, 5.41) is 2.76. The highest BCUT2D eigenvalue weighted by atomic mass is 19.1. The molecule has 1 heterocycles. The van der Waals surface area contributed by atoms with E-state index in [4.69, 9.17) is 0 Å². The zero-order chi connectivity index (χ0) is 18.5. The summed E-state index contributed by atoms with van der Waals surface area (Å²) in [4.78, 5) is 16.0. The van der Waals surface area contributed by atoms with E-state index >= 15 is 0 Å². The molecular weight excluding hydrogens is 329 g/mol. The summed E-state index contributed by atoms with van der Waals surface area (Å²) in [6, 6.07) is 12.8. The van der Waals surface area contributed by atoms with Gasteiger partial charge in [-0.3, -0.25) is 4.79 Å². The topological polar surface area (TPSA) is 46.9 Å². The molecular formula is C21H20FN3O. The average Bonchev–Trinajstić information content (AvgIpc) is 3.05. The van der Waals surface area contributed by atoms with Crippen molar-refractivity contribution in [3.8, 4) is 5.69 Å². The molecule has 1 N–H and O–H groups in total. The van der Waals surface area contributed by atoms with Crippen LogP contribution in [0.15, 0.2) is 60.9 Å². The SMILES string of the molecule is Cc1ccc(/C=C/C(=O)NCc2ccc(-n3ccnc3C)c(F)c2)cc1. The number of benzene rings is 2. The minimum Gasteiger partial charge on any atom is -0.348 e. The molecule has 1 amide bonds. The first-order valence-corrected chi connectivity index (χ1v) is 8.34. The Morgan fingerprint density at radius 1 is 1.19 bits per heavy atom. The van der Waals surface area contributed by atoms with Gasteiger partial charge in [0.2, 0.25) is 5.91 Å². The number of hydrogen-bond acceptors (Lipinski definition) is 2. The minimum atomic E-state index is -0.354. The van der Waals surface area contributed by atoms with Gasteiger partial charge in [-0.05, 0) is 43.2 Å². The van der Waals surface area contributed by atoms with Gasteiger partial charge in [0, 0.05) is 25.0 Å². The standard InChI is InChI=1S/C21H20FN3O/c1-15-3-5-17(6-4-15)8-10-21(26)24-14-18-7-9-20(19(22)13-18)25-12-11-23-16(25)2/h3-13H,14H2,1-2H3,(H,24,26)/b10-8+.